The summed E-state index contributed by atoms with van der Waals surface area (Å²) in [5.74, 6) is -3.55. The molecule has 0 spiro atoms. The fourth-order valence-corrected chi connectivity index (χ4v) is 2.78. The van der Waals surface area contributed by atoms with Crippen LogP contribution in [0.4, 0.5) is 13.2 Å². The lowest BCUT2D eigenvalue weighted by atomic mass is 9.93. The number of carbonyl (C=O) groups is 1. The molecule has 1 aromatic rings. The number of rotatable bonds is 5. The Hall–Kier alpha value is -1.56. The van der Waals surface area contributed by atoms with Crippen LogP contribution >= 0.6 is 0 Å². The Morgan fingerprint density at radius 1 is 1.24 bits per heavy atom. The second-order valence-corrected chi connectivity index (χ2v) is 5.53. The predicted octanol–water partition coefficient (Wildman–Crippen LogP) is 3.18. The van der Waals surface area contributed by atoms with Crippen LogP contribution in [0.5, 0.6) is 0 Å². The molecule has 116 valence electrons. The zero-order chi connectivity index (χ0) is 15.4. The van der Waals surface area contributed by atoms with E-state index in [2.05, 4.69) is 0 Å². The van der Waals surface area contributed by atoms with E-state index >= 15 is 0 Å². The van der Waals surface area contributed by atoms with Crippen LogP contribution in [0.2, 0.25) is 0 Å². The van der Waals surface area contributed by atoms with E-state index in [1.165, 1.54) is 0 Å². The van der Waals surface area contributed by atoms with Gasteiger partial charge in [-0.1, -0.05) is 0 Å². The second-order valence-electron chi connectivity index (χ2n) is 5.53. The highest BCUT2D eigenvalue weighted by molar-refractivity contribution is 5.66. The van der Waals surface area contributed by atoms with E-state index in [1.54, 1.807) is 0 Å². The van der Waals surface area contributed by atoms with Crippen LogP contribution < -0.4 is 0 Å². The molecule has 0 bridgehead atoms. The minimum atomic E-state index is -1.19. The van der Waals surface area contributed by atoms with E-state index in [9.17, 15) is 18.0 Å². The van der Waals surface area contributed by atoms with Crippen molar-refractivity contribution in [2.45, 2.75) is 32.2 Å². The Morgan fingerprint density at radius 3 is 2.67 bits per heavy atom. The summed E-state index contributed by atoms with van der Waals surface area (Å²) >= 11 is 0. The van der Waals surface area contributed by atoms with E-state index in [-0.39, 0.29) is 24.4 Å². The van der Waals surface area contributed by atoms with Crippen LogP contribution in [0.15, 0.2) is 12.1 Å². The van der Waals surface area contributed by atoms with Crippen LogP contribution in [-0.4, -0.2) is 29.1 Å². The standard InChI is InChI=1S/C15H18F3NO2/c16-12-7-14(18)13(17)6-11(12)9-19-5-1-2-10(8-19)3-4-15(20)21/h6-7,10H,1-5,8-9H2,(H,20,21). The molecule has 1 aliphatic heterocycles. The van der Waals surface area contributed by atoms with Crippen molar-refractivity contribution in [2.75, 3.05) is 13.1 Å². The highest BCUT2D eigenvalue weighted by Crippen LogP contribution is 2.23. The molecule has 1 fully saturated rings. The van der Waals surface area contributed by atoms with Crippen molar-refractivity contribution < 1.29 is 23.1 Å². The van der Waals surface area contributed by atoms with Crippen molar-refractivity contribution in [2.24, 2.45) is 5.92 Å². The van der Waals surface area contributed by atoms with Crippen LogP contribution in [0.3, 0.4) is 0 Å². The first-order valence-corrected chi connectivity index (χ1v) is 7.03. The van der Waals surface area contributed by atoms with Crippen LogP contribution in [-0.2, 0) is 11.3 Å². The summed E-state index contributed by atoms with van der Waals surface area (Å²) in [5.41, 5.74) is 0.132. The first kappa shape index (κ1) is 15.8. The van der Waals surface area contributed by atoms with Crippen molar-refractivity contribution in [3.8, 4) is 0 Å². The summed E-state index contributed by atoms with van der Waals surface area (Å²) in [6.07, 6.45) is 2.56. The van der Waals surface area contributed by atoms with Gasteiger partial charge in [0, 0.05) is 31.1 Å². The smallest absolute Gasteiger partial charge is 0.303 e. The molecule has 0 saturated carbocycles. The Labute approximate surface area is 121 Å². The highest BCUT2D eigenvalue weighted by Gasteiger charge is 2.22. The topological polar surface area (TPSA) is 40.5 Å². The number of piperidine rings is 1. The molecule has 1 N–H and O–H groups in total. The monoisotopic (exact) mass is 301 g/mol. The van der Waals surface area contributed by atoms with Crippen molar-refractivity contribution in [3.63, 3.8) is 0 Å². The molecule has 1 saturated heterocycles. The van der Waals surface area contributed by atoms with Crippen molar-refractivity contribution in [3.05, 3.63) is 35.1 Å². The summed E-state index contributed by atoms with van der Waals surface area (Å²) in [6.45, 7) is 1.63. The normalized spacial score (nSPS) is 19.7. The third-order valence-corrected chi connectivity index (χ3v) is 3.85. The Kier molecular flexibility index (Phi) is 5.22. The Balaban J connectivity index is 1.96. The second kappa shape index (κ2) is 6.93. The van der Waals surface area contributed by atoms with E-state index in [1.807, 2.05) is 4.90 Å². The maximum Gasteiger partial charge on any atom is 0.303 e. The maximum atomic E-state index is 13.6. The molecule has 2 rings (SSSR count). The van der Waals surface area contributed by atoms with Gasteiger partial charge in [0.15, 0.2) is 11.6 Å². The van der Waals surface area contributed by atoms with Gasteiger partial charge in [-0.25, -0.2) is 13.2 Å². The average Bonchev–Trinajstić information content (AvgIpc) is 2.43. The molecule has 1 unspecified atom stereocenters. The van der Waals surface area contributed by atoms with Gasteiger partial charge in [-0.15, -0.1) is 0 Å². The van der Waals surface area contributed by atoms with Gasteiger partial charge in [-0.05, 0) is 37.8 Å². The first-order chi connectivity index (χ1) is 9.95. The molecule has 3 nitrogen and oxygen atoms in total. The number of halogens is 3. The lowest BCUT2D eigenvalue weighted by molar-refractivity contribution is -0.137. The van der Waals surface area contributed by atoms with E-state index < -0.39 is 23.4 Å². The molecule has 21 heavy (non-hydrogen) atoms. The SMILES string of the molecule is O=C(O)CCC1CCCN(Cc2cc(F)c(F)cc2F)C1. The lowest BCUT2D eigenvalue weighted by Crippen LogP contribution is -2.35. The number of nitrogens with zero attached hydrogens (tertiary/aromatic N) is 1. The third kappa shape index (κ3) is 4.46. The van der Waals surface area contributed by atoms with Crippen LogP contribution in [0.1, 0.15) is 31.2 Å². The average molecular weight is 301 g/mol. The zero-order valence-corrected chi connectivity index (χ0v) is 11.6. The lowest BCUT2D eigenvalue weighted by Gasteiger charge is -2.32. The molecule has 0 aliphatic carbocycles. The first-order valence-electron chi connectivity index (χ1n) is 7.03. The van der Waals surface area contributed by atoms with Gasteiger partial charge in [-0.3, -0.25) is 9.69 Å². The summed E-state index contributed by atoms with van der Waals surface area (Å²) in [7, 11) is 0. The van der Waals surface area contributed by atoms with Gasteiger partial charge < -0.3 is 5.11 Å². The zero-order valence-electron chi connectivity index (χ0n) is 11.6. The van der Waals surface area contributed by atoms with Gasteiger partial charge in [0.1, 0.15) is 5.82 Å². The molecule has 1 heterocycles. The molecule has 6 heteroatoms. The van der Waals surface area contributed by atoms with Crippen molar-refractivity contribution in [1.29, 1.82) is 0 Å². The van der Waals surface area contributed by atoms with Crippen LogP contribution in [0.25, 0.3) is 0 Å². The predicted molar refractivity (Wildman–Crippen MR) is 71.2 cm³/mol. The summed E-state index contributed by atoms with van der Waals surface area (Å²) < 4.78 is 39.7. The summed E-state index contributed by atoms with van der Waals surface area (Å²) in [4.78, 5) is 12.6. The number of hydrogen-bond acceptors (Lipinski definition) is 2. The molecule has 0 amide bonds. The molecule has 1 aliphatic rings. The van der Waals surface area contributed by atoms with Crippen molar-refractivity contribution in [1.82, 2.24) is 4.90 Å². The summed E-state index contributed by atoms with van der Waals surface area (Å²) in [5, 5.41) is 8.70. The molecular formula is C15H18F3NO2. The third-order valence-electron chi connectivity index (χ3n) is 3.85. The van der Waals surface area contributed by atoms with Gasteiger partial charge in [-0.2, -0.15) is 0 Å². The van der Waals surface area contributed by atoms with Crippen molar-refractivity contribution >= 4 is 5.97 Å². The van der Waals surface area contributed by atoms with E-state index in [4.69, 9.17) is 5.11 Å². The van der Waals surface area contributed by atoms with E-state index in [0.29, 0.717) is 19.0 Å². The molecule has 0 radical (unpaired) electrons. The molecule has 1 aromatic carbocycles. The van der Waals surface area contributed by atoms with Crippen LogP contribution in [0, 0.1) is 23.4 Å². The van der Waals surface area contributed by atoms with Gasteiger partial charge >= 0.3 is 5.97 Å². The highest BCUT2D eigenvalue weighted by atomic mass is 19.2. The number of carboxylic acids is 1. The fourth-order valence-electron chi connectivity index (χ4n) is 2.78. The molecule has 1 atom stereocenters. The fraction of sp³-hybridized carbons (Fsp3) is 0.533. The summed E-state index contributed by atoms with van der Waals surface area (Å²) in [6, 6.07) is 1.46. The minimum Gasteiger partial charge on any atom is -0.481 e. The number of carboxylic acid groups (broad SMARTS) is 1. The minimum absolute atomic E-state index is 0.123. The quantitative estimate of drug-likeness (QED) is 0.849. The van der Waals surface area contributed by atoms with E-state index in [0.717, 1.165) is 25.5 Å². The largest absolute Gasteiger partial charge is 0.481 e. The Morgan fingerprint density at radius 2 is 1.95 bits per heavy atom. The van der Waals surface area contributed by atoms with Gasteiger partial charge in [0.25, 0.3) is 0 Å². The maximum absolute atomic E-state index is 13.6. The molecular weight excluding hydrogens is 283 g/mol. The number of benzene rings is 1. The molecule has 0 aromatic heterocycles. The number of aliphatic carboxylic acids is 1. The Bertz CT molecular complexity index is 522. The number of likely N-dealkylation sites (tertiary alicyclic amines) is 1. The van der Waals surface area contributed by atoms with Gasteiger partial charge in [0.2, 0.25) is 0 Å². The van der Waals surface area contributed by atoms with Gasteiger partial charge in [0.05, 0.1) is 0 Å². The number of hydrogen-bond donors (Lipinski definition) is 1.